The van der Waals surface area contributed by atoms with Crippen LogP contribution in [0.15, 0.2) is 65.6 Å². The van der Waals surface area contributed by atoms with E-state index in [1.807, 2.05) is 5.38 Å². The third kappa shape index (κ3) is 4.88. The molecule has 0 fully saturated rings. The second-order valence-corrected chi connectivity index (χ2v) is 10.6. The number of non-ortho nitro benzene ring substituents is 1. The van der Waals surface area contributed by atoms with Gasteiger partial charge in [-0.3, -0.25) is 10.1 Å². The maximum atomic E-state index is 13.1. The van der Waals surface area contributed by atoms with Gasteiger partial charge in [-0.15, -0.1) is 22.7 Å². The zero-order valence-corrected chi connectivity index (χ0v) is 22.6. The molecule has 192 valence electrons. The number of carbonyl (C=O) groups excluding carboxylic acids is 1. The SMILES string of the molecule is CCOC(=O)c1c(-c2ccc([N+](=O)[O-])cc2)csc1Nc1ncnc2scc(-c3ccc(C(C)C)cc3)c12. The smallest absolute Gasteiger partial charge is 0.341 e. The van der Waals surface area contributed by atoms with Gasteiger partial charge >= 0.3 is 5.97 Å². The van der Waals surface area contributed by atoms with Gasteiger partial charge in [0.2, 0.25) is 0 Å². The lowest BCUT2D eigenvalue weighted by Crippen LogP contribution is -2.08. The summed E-state index contributed by atoms with van der Waals surface area (Å²) in [4.78, 5) is 33.5. The molecule has 0 radical (unpaired) electrons. The first-order valence-corrected chi connectivity index (χ1v) is 13.8. The Balaban J connectivity index is 1.58. The molecule has 0 amide bonds. The molecule has 10 heteroatoms. The molecule has 3 heterocycles. The number of carbonyl (C=O) groups is 1. The Morgan fingerprint density at radius 2 is 1.66 bits per heavy atom. The van der Waals surface area contributed by atoms with Crippen molar-refractivity contribution in [3.05, 3.63) is 86.9 Å². The molecular weight excluding hydrogens is 520 g/mol. The fourth-order valence-electron chi connectivity index (χ4n) is 4.17. The summed E-state index contributed by atoms with van der Waals surface area (Å²) in [6.45, 7) is 6.29. The predicted molar refractivity (Wildman–Crippen MR) is 153 cm³/mol. The molecule has 2 aromatic carbocycles. The molecule has 3 aromatic heterocycles. The van der Waals surface area contributed by atoms with Crippen molar-refractivity contribution in [2.24, 2.45) is 0 Å². The minimum absolute atomic E-state index is 0.0187. The van der Waals surface area contributed by atoms with E-state index in [4.69, 9.17) is 4.74 Å². The second-order valence-electron chi connectivity index (χ2n) is 8.83. The standard InChI is InChI=1S/C28H24N4O4S2/c1-4-36-28(33)24-22(19-9-11-20(12-10-19)32(34)35)14-38-27(24)31-25-23-21(13-37-26(23)30-15-29-25)18-7-5-17(6-8-18)16(2)3/h5-16H,4H2,1-3H3,(H,29,30,31). The molecule has 0 unspecified atom stereocenters. The zero-order valence-electron chi connectivity index (χ0n) is 20.9. The highest BCUT2D eigenvalue weighted by atomic mass is 32.1. The van der Waals surface area contributed by atoms with Crippen LogP contribution < -0.4 is 5.32 Å². The van der Waals surface area contributed by atoms with Crippen molar-refractivity contribution < 1.29 is 14.5 Å². The summed E-state index contributed by atoms with van der Waals surface area (Å²) in [6, 6.07) is 14.6. The van der Waals surface area contributed by atoms with Crippen LogP contribution in [0.5, 0.6) is 0 Å². The quantitative estimate of drug-likeness (QED) is 0.120. The van der Waals surface area contributed by atoms with Crippen LogP contribution in [0, 0.1) is 10.1 Å². The highest BCUT2D eigenvalue weighted by Gasteiger charge is 2.24. The van der Waals surface area contributed by atoms with Crippen LogP contribution in [-0.2, 0) is 4.74 Å². The first-order valence-electron chi connectivity index (χ1n) is 12.0. The van der Waals surface area contributed by atoms with Gasteiger partial charge in [-0.25, -0.2) is 14.8 Å². The summed E-state index contributed by atoms with van der Waals surface area (Å²) < 4.78 is 5.37. The minimum atomic E-state index is -0.482. The number of hydrogen-bond donors (Lipinski definition) is 1. The molecule has 38 heavy (non-hydrogen) atoms. The summed E-state index contributed by atoms with van der Waals surface area (Å²) in [6.07, 6.45) is 1.50. The average molecular weight is 545 g/mol. The van der Waals surface area contributed by atoms with Crippen LogP contribution in [0.3, 0.4) is 0 Å². The lowest BCUT2D eigenvalue weighted by atomic mass is 9.99. The normalized spacial score (nSPS) is 11.2. The Morgan fingerprint density at radius 3 is 2.32 bits per heavy atom. The van der Waals surface area contributed by atoms with Gasteiger partial charge in [0.05, 0.1) is 16.9 Å². The van der Waals surface area contributed by atoms with Crippen LogP contribution in [0.1, 0.15) is 42.6 Å². The van der Waals surface area contributed by atoms with E-state index < -0.39 is 10.9 Å². The van der Waals surface area contributed by atoms with E-state index in [0.29, 0.717) is 33.4 Å². The average Bonchev–Trinajstić information content (AvgIpc) is 3.54. The van der Waals surface area contributed by atoms with Crippen LogP contribution in [0.4, 0.5) is 16.5 Å². The van der Waals surface area contributed by atoms with Crippen molar-refractivity contribution >= 4 is 55.4 Å². The van der Waals surface area contributed by atoms with Gasteiger partial charge in [-0.1, -0.05) is 38.1 Å². The van der Waals surface area contributed by atoms with Gasteiger partial charge in [0, 0.05) is 34.0 Å². The predicted octanol–water partition coefficient (Wildman–Crippen LogP) is 8.04. The molecule has 0 aliphatic rings. The molecule has 5 aromatic rings. The molecule has 0 saturated heterocycles. The summed E-state index contributed by atoms with van der Waals surface area (Å²) in [5.74, 6) is 0.542. The molecule has 1 N–H and O–H groups in total. The molecule has 0 aliphatic heterocycles. The lowest BCUT2D eigenvalue weighted by Gasteiger charge is -2.11. The molecule has 0 aliphatic carbocycles. The number of nitrogens with zero attached hydrogens (tertiary/aromatic N) is 3. The fourth-order valence-corrected chi connectivity index (χ4v) is 6.04. The minimum Gasteiger partial charge on any atom is -0.462 e. The van der Waals surface area contributed by atoms with Crippen molar-refractivity contribution in [1.29, 1.82) is 0 Å². The molecule has 5 rings (SSSR count). The molecular formula is C28H24N4O4S2. The number of nitro benzene ring substituents is 1. The maximum Gasteiger partial charge on any atom is 0.341 e. The van der Waals surface area contributed by atoms with Crippen LogP contribution in [0.25, 0.3) is 32.5 Å². The largest absolute Gasteiger partial charge is 0.462 e. The van der Waals surface area contributed by atoms with Gasteiger partial charge in [0.25, 0.3) is 5.69 Å². The van der Waals surface area contributed by atoms with Crippen LogP contribution in [0.2, 0.25) is 0 Å². The Kier molecular flexibility index (Phi) is 7.17. The second kappa shape index (κ2) is 10.7. The molecule has 0 bridgehead atoms. The van der Waals surface area contributed by atoms with Gasteiger partial charge < -0.3 is 10.1 Å². The van der Waals surface area contributed by atoms with E-state index in [2.05, 4.69) is 58.8 Å². The number of rotatable bonds is 8. The number of nitro groups is 1. The summed E-state index contributed by atoms with van der Waals surface area (Å²) in [5, 5.41) is 19.8. The van der Waals surface area contributed by atoms with Gasteiger partial charge in [0.15, 0.2) is 0 Å². The highest BCUT2D eigenvalue weighted by Crippen LogP contribution is 2.42. The van der Waals surface area contributed by atoms with Gasteiger partial charge in [-0.05, 0) is 41.7 Å². The molecule has 0 saturated carbocycles. The summed E-state index contributed by atoms with van der Waals surface area (Å²) in [7, 11) is 0. The highest BCUT2D eigenvalue weighted by molar-refractivity contribution is 7.17. The van der Waals surface area contributed by atoms with E-state index in [0.717, 1.165) is 21.3 Å². The van der Waals surface area contributed by atoms with E-state index in [-0.39, 0.29) is 12.3 Å². The molecule has 0 atom stereocenters. The third-order valence-electron chi connectivity index (χ3n) is 6.15. The summed E-state index contributed by atoms with van der Waals surface area (Å²) in [5.41, 5.74) is 4.97. The number of thiophene rings is 2. The van der Waals surface area contributed by atoms with Crippen LogP contribution >= 0.6 is 22.7 Å². The first kappa shape index (κ1) is 25.5. The van der Waals surface area contributed by atoms with E-state index in [1.165, 1.54) is 46.7 Å². The van der Waals surface area contributed by atoms with Crippen molar-refractivity contribution in [1.82, 2.24) is 9.97 Å². The van der Waals surface area contributed by atoms with E-state index in [1.54, 1.807) is 19.1 Å². The number of aromatic nitrogens is 2. The maximum absolute atomic E-state index is 13.1. The number of nitrogens with one attached hydrogen (secondary N) is 1. The Labute approximate surface area is 227 Å². The summed E-state index contributed by atoms with van der Waals surface area (Å²) >= 11 is 2.88. The Hall–Kier alpha value is -4.15. The third-order valence-corrected chi connectivity index (χ3v) is 7.93. The van der Waals surface area contributed by atoms with Crippen molar-refractivity contribution in [3.8, 4) is 22.3 Å². The van der Waals surface area contributed by atoms with E-state index in [9.17, 15) is 14.9 Å². The zero-order chi connectivity index (χ0) is 26.8. The molecule has 0 spiro atoms. The topological polar surface area (TPSA) is 107 Å². The number of ether oxygens (including phenoxy) is 1. The van der Waals surface area contributed by atoms with Crippen molar-refractivity contribution in [2.45, 2.75) is 26.7 Å². The van der Waals surface area contributed by atoms with Crippen molar-refractivity contribution in [3.63, 3.8) is 0 Å². The number of fused-ring (bicyclic) bond motifs is 1. The Bertz CT molecular complexity index is 1620. The number of hydrogen-bond acceptors (Lipinski definition) is 9. The number of benzene rings is 2. The van der Waals surface area contributed by atoms with Crippen molar-refractivity contribution in [2.75, 3.05) is 11.9 Å². The van der Waals surface area contributed by atoms with Crippen LogP contribution in [-0.4, -0.2) is 27.5 Å². The molecule has 8 nitrogen and oxygen atoms in total. The Morgan fingerprint density at radius 1 is 1.00 bits per heavy atom. The number of anilines is 2. The van der Waals surface area contributed by atoms with E-state index >= 15 is 0 Å². The first-order chi connectivity index (χ1) is 18.4. The fraction of sp³-hybridized carbons (Fsp3) is 0.179. The monoisotopic (exact) mass is 544 g/mol. The van der Waals surface area contributed by atoms with Gasteiger partial charge in [0.1, 0.15) is 27.5 Å². The lowest BCUT2D eigenvalue weighted by molar-refractivity contribution is -0.384. The number of esters is 1. The van der Waals surface area contributed by atoms with Gasteiger partial charge in [-0.2, -0.15) is 0 Å².